The number of carbonyl (C=O) groups is 1. The van der Waals surface area contributed by atoms with Crippen LogP contribution in [0.1, 0.15) is 29.6 Å². The van der Waals surface area contributed by atoms with Crippen molar-refractivity contribution in [1.82, 2.24) is 0 Å². The predicted octanol–water partition coefficient (Wildman–Crippen LogP) is 1.82. The number of primary amides is 1. The number of nitrogens with two attached hydrogens (primary N) is 2. The molecule has 3 fully saturated rings. The number of rotatable bonds is 3. The van der Waals surface area contributed by atoms with Gasteiger partial charge in [-0.25, -0.2) is 0 Å². The number of hydrogen-bond donors (Lipinski definition) is 3. The number of hydrogen-bond acceptors (Lipinski definition) is 3. The molecule has 0 saturated heterocycles. The third-order valence-corrected chi connectivity index (χ3v) is 5.41. The van der Waals surface area contributed by atoms with E-state index in [1.807, 2.05) is 6.07 Å². The maximum Gasteiger partial charge on any atom is 0.250 e. The number of fused-ring (bicyclic) bond motifs is 5. The second-order valence-electron chi connectivity index (χ2n) is 6.29. The van der Waals surface area contributed by atoms with Gasteiger partial charge >= 0.3 is 0 Å². The van der Waals surface area contributed by atoms with Crippen molar-refractivity contribution in [3.05, 3.63) is 23.8 Å². The molecule has 4 atom stereocenters. The summed E-state index contributed by atoms with van der Waals surface area (Å²) >= 11 is 0. The molecule has 0 radical (unpaired) electrons. The van der Waals surface area contributed by atoms with Gasteiger partial charge in [-0.3, -0.25) is 4.79 Å². The molecule has 1 aromatic carbocycles. The molecular weight excluding hydrogens is 238 g/mol. The number of benzene rings is 1. The molecule has 19 heavy (non-hydrogen) atoms. The van der Waals surface area contributed by atoms with E-state index in [2.05, 4.69) is 5.32 Å². The summed E-state index contributed by atoms with van der Waals surface area (Å²) in [6.45, 7) is 0. The average molecular weight is 257 g/mol. The van der Waals surface area contributed by atoms with Crippen LogP contribution in [0.3, 0.4) is 0 Å². The molecule has 4 nitrogen and oxygen atoms in total. The Bertz CT molecular complexity index is 540. The molecule has 0 aliphatic heterocycles. The lowest BCUT2D eigenvalue weighted by atomic mass is 10.0. The molecule has 3 saturated carbocycles. The lowest BCUT2D eigenvalue weighted by Gasteiger charge is -2.16. The van der Waals surface area contributed by atoms with Crippen molar-refractivity contribution in [1.29, 1.82) is 0 Å². The van der Waals surface area contributed by atoms with Gasteiger partial charge in [-0.2, -0.15) is 0 Å². The Labute approximate surface area is 112 Å². The minimum absolute atomic E-state index is 0.413. The number of nitrogens with one attached hydrogen (secondary N) is 1. The van der Waals surface area contributed by atoms with Crippen LogP contribution in [-0.4, -0.2) is 11.9 Å². The molecule has 0 spiro atoms. The fraction of sp³-hybridized carbons (Fsp3) is 0.533. The first kappa shape index (κ1) is 11.1. The van der Waals surface area contributed by atoms with E-state index in [1.165, 1.54) is 19.3 Å². The molecule has 4 heteroatoms. The van der Waals surface area contributed by atoms with Crippen LogP contribution in [0.4, 0.5) is 11.4 Å². The highest BCUT2D eigenvalue weighted by Gasteiger charge is 2.65. The number of para-hydroxylation sites is 1. The molecule has 4 unspecified atom stereocenters. The van der Waals surface area contributed by atoms with E-state index in [0.717, 1.165) is 29.4 Å². The first-order valence-corrected chi connectivity index (χ1v) is 7.11. The lowest BCUT2D eigenvalue weighted by Crippen LogP contribution is -2.19. The SMILES string of the molecule is NC(=O)c1cccc(N)c1NC1C2C3CCC(C3)C12. The van der Waals surface area contributed by atoms with Gasteiger partial charge < -0.3 is 16.8 Å². The first-order valence-electron chi connectivity index (χ1n) is 7.11. The highest BCUT2D eigenvalue weighted by Crippen LogP contribution is 2.66. The van der Waals surface area contributed by atoms with Crippen LogP contribution in [0.2, 0.25) is 0 Å². The van der Waals surface area contributed by atoms with Crippen molar-refractivity contribution >= 4 is 17.3 Å². The van der Waals surface area contributed by atoms with Gasteiger partial charge in [-0.05, 0) is 55.1 Å². The maximum absolute atomic E-state index is 11.5. The quantitative estimate of drug-likeness (QED) is 0.722. The third-order valence-electron chi connectivity index (χ3n) is 5.41. The number of amides is 1. The normalized spacial score (nSPS) is 38.0. The van der Waals surface area contributed by atoms with Crippen LogP contribution in [0.25, 0.3) is 0 Å². The van der Waals surface area contributed by atoms with Gasteiger partial charge in [0, 0.05) is 6.04 Å². The average Bonchev–Trinajstić information content (AvgIpc) is 2.79. The predicted molar refractivity (Wildman–Crippen MR) is 74.6 cm³/mol. The monoisotopic (exact) mass is 257 g/mol. The van der Waals surface area contributed by atoms with Crippen molar-refractivity contribution in [2.24, 2.45) is 29.4 Å². The highest BCUT2D eigenvalue weighted by molar-refractivity contribution is 6.01. The Balaban J connectivity index is 1.60. The second kappa shape index (κ2) is 3.65. The molecule has 2 bridgehead atoms. The molecule has 3 aliphatic carbocycles. The summed E-state index contributed by atoms with van der Waals surface area (Å²) in [5, 5.41) is 3.51. The fourth-order valence-electron chi connectivity index (χ4n) is 4.62. The number of nitrogen functional groups attached to an aromatic ring is 1. The van der Waals surface area contributed by atoms with Crippen LogP contribution in [0, 0.1) is 23.7 Å². The molecule has 1 amide bonds. The Morgan fingerprint density at radius 1 is 1.21 bits per heavy atom. The summed E-state index contributed by atoms with van der Waals surface area (Å²) in [5.41, 5.74) is 13.3. The summed E-state index contributed by atoms with van der Waals surface area (Å²) in [6, 6.07) is 5.85. The van der Waals surface area contributed by atoms with Crippen molar-refractivity contribution in [3.63, 3.8) is 0 Å². The van der Waals surface area contributed by atoms with Gasteiger partial charge in [0.1, 0.15) is 0 Å². The second-order valence-corrected chi connectivity index (χ2v) is 6.29. The summed E-state index contributed by atoms with van der Waals surface area (Å²) in [7, 11) is 0. The van der Waals surface area contributed by atoms with E-state index < -0.39 is 5.91 Å². The van der Waals surface area contributed by atoms with E-state index in [1.54, 1.807) is 12.1 Å². The van der Waals surface area contributed by atoms with Crippen molar-refractivity contribution in [3.8, 4) is 0 Å². The standard InChI is InChI=1S/C15H19N3O/c16-10-3-1-2-9(15(17)19)13(10)18-14-11-7-4-5-8(6-7)12(11)14/h1-3,7-8,11-12,14,18H,4-6,16H2,(H2,17,19). The van der Waals surface area contributed by atoms with E-state index in [4.69, 9.17) is 11.5 Å². The zero-order valence-electron chi connectivity index (χ0n) is 10.8. The molecule has 1 aromatic rings. The largest absolute Gasteiger partial charge is 0.397 e. The van der Waals surface area contributed by atoms with E-state index in [0.29, 0.717) is 17.3 Å². The van der Waals surface area contributed by atoms with Crippen LogP contribution in [0.5, 0.6) is 0 Å². The summed E-state index contributed by atoms with van der Waals surface area (Å²) in [5.74, 6) is 2.99. The zero-order chi connectivity index (χ0) is 13.1. The van der Waals surface area contributed by atoms with Crippen LogP contribution < -0.4 is 16.8 Å². The molecule has 0 heterocycles. The Morgan fingerprint density at radius 2 is 1.89 bits per heavy atom. The van der Waals surface area contributed by atoms with Gasteiger partial charge in [0.05, 0.1) is 16.9 Å². The van der Waals surface area contributed by atoms with Gasteiger partial charge in [0.15, 0.2) is 0 Å². The molecule has 4 rings (SSSR count). The smallest absolute Gasteiger partial charge is 0.250 e. The topological polar surface area (TPSA) is 81.1 Å². The zero-order valence-corrected chi connectivity index (χ0v) is 10.8. The van der Waals surface area contributed by atoms with Gasteiger partial charge in [-0.15, -0.1) is 0 Å². The van der Waals surface area contributed by atoms with Gasteiger partial charge in [-0.1, -0.05) is 6.07 Å². The maximum atomic E-state index is 11.5. The lowest BCUT2D eigenvalue weighted by molar-refractivity contribution is 0.100. The highest BCUT2D eigenvalue weighted by atomic mass is 16.1. The van der Waals surface area contributed by atoms with E-state index in [-0.39, 0.29) is 0 Å². The summed E-state index contributed by atoms with van der Waals surface area (Å²) in [4.78, 5) is 11.5. The fourth-order valence-corrected chi connectivity index (χ4v) is 4.62. The number of anilines is 2. The molecular formula is C15H19N3O. The van der Waals surface area contributed by atoms with Gasteiger partial charge in [0.2, 0.25) is 0 Å². The van der Waals surface area contributed by atoms with Crippen molar-refractivity contribution in [2.45, 2.75) is 25.3 Å². The van der Waals surface area contributed by atoms with E-state index in [9.17, 15) is 4.79 Å². The minimum Gasteiger partial charge on any atom is -0.397 e. The Morgan fingerprint density at radius 3 is 2.53 bits per heavy atom. The van der Waals surface area contributed by atoms with Crippen molar-refractivity contribution < 1.29 is 4.79 Å². The van der Waals surface area contributed by atoms with Crippen LogP contribution in [-0.2, 0) is 0 Å². The van der Waals surface area contributed by atoms with Crippen LogP contribution >= 0.6 is 0 Å². The van der Waals surface area contributed by atoms with Gasteiger partial charge in [0.25, 0.3) is 5.91 Å². The first-order chi connectivity index (χ1) is 9.16. The third kappa shape index (κ3) is 1.49. The summed E-state index contributed by atoms with van der Waals surface area (Å²) in [6.07, 6.45) is 4.19. The Kier molecular flexibility index (Phi) is 2.14. The molecule has 100 valence electrons. The minimum atomic E-state index is -0.413. The Hall–Kier alpha value is -1.71. The summed E-state index contributed by atoms with van der Waals surface area (Å²) < 4.78 is 0. The van der Waals surface area contributed by atoms with Crippen molar-refractivity contribution in [2.75, 3.05) is 11.1 Å². The molecule has 0 aromatic heterocycles. The van der Waals surface area contributed by atoms with Crippen LogP contribution in [0.15, 0.2) is 18.2 Å². The molecule has 3 aliphatic rings. The number of carbonyl (C=O) groups excluding carboxylic acids is 1. The molecule has 5 N–H and O–H groups in total. The van der Waals surface area contributed by atoms with E-state index >= 15 is 0 Å².